The number of rotatable bonds is 10. The van der Waals surface area contributed by atoms with E-state index in [2.05, 4.69) is 0 Å². The van der Waals surface area contributed by atoms with Crippen LogP contribution in [0.2, 0.25) is 0 Å². The highest BCUT2D eigenvalue weighted by Gasteiger charge is 2.32. The lowest BCUT2D eigenvalue weighted by molar-refractivity contribution is -0.156. The van der Waals surface area contributed by atoms with Crippen LogP contribution in [0.25, 0.3) is 0 Å². The highest BCUT2D eigenvalue weighted by molar-refractivity contribution is 5.90. The van der Waals surface area contributed by atoms with Crippen LogP contribution >= 0.6 is 0 Å². The maximum absolute atomic E-state index is 14.9. The van der Waals surface area contributed by atoms with Gasteiger partial charge in [-0.2, -0.15) is 5.06 Å². The van der Waals surface area contributed by atoms with E-state index < -0.39 is 11.9 Å². The molecule has 9 nitrogen and oxygen atoms in total. The molecule has 2 aliphatic rings. The summed E-state index contributed by atoms with van der Waals surface area (Å²) < 4.78 is 25.5. The molecule has 1 aromatic rings. The average Bonchev–Trinajstić information content (AvgIpc) is 2.96. The lowest BCUT2D eigenvalue weighted by atomic mass is 10.1. The highest BCUT2D eigenvalue weighted by Crippen LogP contribution is 2.29. The number of ketones is 1. The molecule has 0 unspecified atom stereocenters. The van der Waals surface area contributed by atoms with Crippen molar-refractivity contribution < 1.29 is 33.4 Å². The lowest BCUT2D eigenvalue weighted by Crippen LogP contribution is -2.32. The molecule has 0 spiro atoms. The number of hydrogen-bond acceptors (Lipinski definition) is 8. The summed E-state index contributed by atoms with van der Waals surface area (Å²) >= 11 is 0. The van der Waals surface area contributed by atoms with Crippen molar-refractivity contribution in [3.63, 3.8) is 0 Å². The molecular formula is C21H30FN3O6. The molecule has 10 heteroatoms. The van der Waals surface area contributed by atoms with Gasteiger partial charge in [0, 0.05) is 32.6 Å². The van der Waals surface area contributed by atoms with Crippen LogP contribution in [0.1, 0.15) is 19.8 Å². The summed E-state index contributed by atoms with van der Waals surface area (Å²) in [6, 6.07) is 4.72. The monoisotopic (exact) mass is 439 g/mol. The van der Waals surface area contributed by atoms with Crippen molar-refractivity contribution in [1.29, 1.82) is 0 Å². The van der Waals surface area contributed by atoms with Gasteiger partial charge in [0.15, 0.2) is 0 Å². The maximum Gasteiger partial charge on any atom is 0.414 e. The van der Waals surface area contributed by atoms with E-state index in [1.165, 1.54) is 17.9 Å². The molecule has 0 aromatic heterocycles. The topological polar surface area (TPSA) is 91.8 Å². The van der Waals surface area contributed by atoms with Crippen LogP contribution < -0.4 is 9.80 Å². The zero-order valence-electron chi connectivity index (χ0n) is 17.8. The zero-order valence-corrected chi connectivity index (χ0v) is 17.8. The number of carbonyl (C=O) groups is 2. The first kappa shape index (κ1) is 23.4. The minimum Gasteiger partial charge on any atom is -0.444 e. The van der Waals surface area contributed by atoms with E-state index in [4.69, 9.17) is 19.4 Å². The summed E-state index contributed by atoms with van der Waals surface area (Å²) in [4.78, 5) is 32.3. The molecule has 2 aliphatic heterocycles. The number of Topliss-reactive ketones (excluding diaryl/α,β-unsaturated/α-hetero) is 1. The van der Waals surface area contributed by atoms with Gasteiger partial charge in [-0.3, -0.25) is 9.74 Å². The first-order chi connectivity index (χ1) is 15.0. The summed E-state index contributed by atoms with van der Waals surface area (Å²) in [7, 11) is 0. The number of hydrogen-bond donors (Lipinski definition) is 1. The van der Waals surface area contributed by atoms with Crippen LogP contribution in [-0.2, 0) is 19.1 Å². The van der Waals surface area contributed by atoms with E-state index in [1.807, 2.05) is 4.90 Å². The molecule has 0 saturated carbocycles. The van der Waals surface area contributed by atoms with Crippen molar-refractivity contribution in [2.75, 3.05) is 69.0 Å². The third-order valence-electron chi connectivity index (χ3n) is 5.25. The maximum atomic E-state index is 14.9. The van der Waals surface area contributed by atoms with Gasteiger partial charge in [-0.15, -0.1) is 0 Å². The van der Waals surface area contributed by atoms with Gasteiger partial charge < -0.3 is 24.3 Å². The first-order valence-electron chi connectivity index (χ1n) is 10.6. The quantitative estimate of drug-likeness (QED) is 0.550. The van der Waals surface area contributed by atoms with Crippen LogP contribution in [0.3, 0.4) is 0 Å². The van der Waals surface area contributed by atoms with Gasteiger partial charge in [-0.25, -0.2) is 9.18 Å². The molecule has 0 radical (unpaired) electrons. The minimum atomic E-state index is -0.525. The fourth-order valence-electron chi connectivity index (χ4n) is 3.61. The van der Waals surface area contributed by atoms with Crippen LogP contribution in [0.5, 0.6) is 0 Å². The van der Waals surface area contributed by atoms with Crippen molar-refractivity contribution in [2.45, 2.75) is 25.9 Å². The Morgan fingerprint density at radius 1 is 1.29 bits per heavy atom. The minimum absolute atomic E-state index is 0.0157. The Kier molecular flexibility index (Phi) is 8.59. The molecule has 1 aromatic carbocycles. The third-order valence-corrected chi connectivity index (χ3v) is 5.25. The number of cyclic esters (lactones) is 1. The number of ether oxygens (including phenoxy) is 2. The standard InChI is InChI=1S/C21H30FN3O6/c1-16(27)2-4-18-15-25(21(28)31-18)17-3-5-20(19(22)14-17)23-6-7-24(30-12-8-23)9-11-29-13-10-26/h3,5,14,18,26H,2,4,6-13,15H2,1H3/t18-/m0/s1. The SMILES string of the molecule is CC(=O)CC[C@H]1CN(c2ccc(N3CCON(CCOCCO)CC3)c(F)c2)C(=O)O1. The second kappa shape index (κ2) is 11.4. The Morgan fingerprint density at radius 3 is 2.87 bits per heavy atom. The van der Waals surface area contributed by atoms with Gasteiger partial charge in [-0.05, 0) is 31.5 Å². The number of carbonyl (C=O) groups excluding carboxylic acids is 2. The van der Waals surface area contributed by atoms with Gasteiger partial charge in [-0.1, -0.05) is 0 Å². The molecule has 0 bridgehead atoms. The molecule has 1 amide bonds. The van der Waals surface area contributed by atoms with Crippen molar-refractivity contribution >= 4 is 23.3 Å². The third kappa shape index (κ3) is 6.60. The van der Waals surface area contributed by atoms with Gasteiger partial charge in [0.2, 0.25) is 0 Å². The molecule has 1 N–H and O–H groups in total. The summed E-state index contributed by atoms with van der Waals surface area (Å²) in [6.45, 7) is 5.20. The fraction of sp³-hybridized carbons (Fsp3) is 0.619. The number of benzene rings is 1. The van der Waals surface area contributed by atoms with E-state index in [0.29, 0.717) is 76.8 Å². The Morgan fingerprint density at radius 2 is 2.13 bits per heavy atom. The molecule has 3 rings (SSSR count). The van der Waals surface area contributed by atoms with Gasteiger partial charge >= 0.3 is 6.09 Å². The number of hydroxylamine groups is 2. The highest BCUT2D eigenvalue weighted by atomic mass is 19.1. The second-order valence-corrected chi connectivity index (χ2v) is 7.58. The second-order valence-electron chi connectivity index (χ2n) is 7.58. The number of aliphatic hydroxyl groups is 1. The van der Waals surface area contributed by atoms with Crippen LogP contribution in [0, 0.1) is 5.82 Å². The van der Waals surface area contributed by atoms with E-state index >= 15 is 0 Å². The fourth-order valence-corrected chi connectivity index (χ4v) is 3.61. The Hall–Kier alpha value is -2.27. The van der Waals surface area contributed by atoms with Crippen molar-refractivity contribution in [1.82, 2.24) is 5.06 Å². The molecule has 1 atom stereocenters. The van der Waals surface area contributed by atoms with Crippen LogP contribution in [0.15, 0.2) is 18.2 Å². The Labute approximate surface area is 181 Å². The summed E-state index contributed by atoms with van der Waals surface area (Å²) in [5.74, 6) is -0.375. The predicted octanol–water partition coefficient (Wildman–Crippen LogP) is 1.58. The normalized spacial score (nSPS) is 20.1. The number of nitrogens with zero attached hydrogens (tertiary/aromatic N) is 3. The molecule has 172 valence electrons. The van der Waals surface area contributed by atoms with Crippen molar-refractivity contribution in [3.8, 4) is 0 Å². The number of amides is 1. The number of halogens is 1. The number of anilines is 2. The molecule has 31 heavy (non-hydrogen) atoms. The molecule has 0 aliphatic carbocycles. The summed E-state index contributed by atoms with van der Waals surface area (Å²) in [5, 5.41) is 10.5. The Bertz CT molecular complexity index is 765. The molecular weight excluding hydrogens is 409 g/mol. The van der Waals surface area contributed by atoms with Gasteiger partial charge in [0.1, 0.15) is 17.7 Å². The zero-order chi connectivity index (χ0) is 22.2. The summed E-state index contributed by atoms with van der Waals surface area (Å²) in [5.41, 5.74) is 0.886. The van der Waals surface area contributed by atoms with E-state index in [9.17, 15) is 14.0 Å². The van der Waals surface area contributed by atoms with Crippen molar-refractivity contribution in [2.24, 2.45) is 0 Å². The lowest BCUT2D eigenvalue weighted by Gasteiger charge is -2.24. The van der Waals surface area contributed by atoms with Crippen LogP contribution in [0.4, 0.5) is 20.6 Å². The molecule has 2 saturated heterocycles. The average molecular weight is 439 g/mol. The molecule has 2 heterocycles. The van der Waals surface area contributed by atoms with E-state index in [0.717, 1.165) is 0 Å². The predicted molar refractivity (Wildman–Crippen MR) is 112 cm³/mol. The summed E-state index contributed by atoms with van der Waals surface area (Å²) in [6.07, 6.45) is -0.0779. The largest absolute Gasteiger partial charge is 0.444 e. The first-order valence-corrected chi connectivity index (χ1v) is 10.6. The number of aliphatic hydroxyl groups excluding tert-OH is 1. The van der Waals surface area contributed by atoms with E-state index in [1.54, 1.807) is 17.2 Å². The molecule has 2 fully saturated rings. The smallest absolute Gasteiger partial charge is 0.414 e. The van der Waals surface area contributed by atoms with Crippen molar-refractivity contribution in [3.05, 3.63) is 24.0 Å². The van der Waals surface area contributed by atoms with Crippen LogP contribution in [-0.4, -0.2) is 87.3 Å². The van der Waals surface area contributed by atoms with Gasteiger partial charge in [0.05, 0.1) is 44.3 Å². The van der Waals surface area contributed by atoms with E-state index in [-0.39, 0.29) is 18.5 Å². The van der Waals surface area contributed by atoms with Gasteiger partial charge in [0.25, 0.3) is 0 Å². The Balaban J connectivity index is 1.57.